The number of rotatable bonds is 6. The molecule has 2 aromatic rings. The standard InChI is InChI=1S/C31H42N6O/c1-22(2)37-17-6-9-25(37)21-38-30-34-28-19-31(13-5-8-23-7-3-4-10-27(23)31)14-11-26(28)29(35-30)36-18-16-33-24(20-36)12-15-32/h3-4,7,10,22,24-25,33H,5-6,8-9,11-14,16-21H2,1-2H3/t24-,25-,31?/m0/s1. The monoisotopic (exact) mass is 514 g/mol. The molecular weight excluding hydrogens is 472 g/mol. The summed E-state index contributed by atoms with van der Waals surface area (Å²) in [6.45, 7) is 8.89. The van der Waals surface area contributed by atoms with Gasteiger partial charge in [-0.15, -0.1) is 0 Å². The van der Waals surface area contributed by atoms with Crippen LogP contribution in [0.4, 0.5) is 5.82 Å². The molecule has 7 heteroatoms. The van der Waals surface area contributed by atoms with Crippen molar-refractivity contribution in [3.8, 4) is 12.1 Å². The van der Waals surface area contributed by atoms with Gasteiger partial charge in [0.25, 0.3) is 0 Å². The molecule has 1 aromatic carbocycles. The minimum atomic E-state index is 0.164. The summed E-state index contributed by atoms with van der Waals surface area (Å²) in [5.41, 5.74) is 5.69. The van der Waals surface area contributed by atoms with Gasteiger partial charge in [-0.3, -0.25) is 4.90 Å². The predicted octanol–water partition coefficient (Wildman–Crippen LogP) is 4.18. The van der Waals surface area contributed by atoms with Crippen LogP contribution in [0.1, 0.15) is 74.8 Å². The van der Waals surface area contributed by atoms with Crippen molar-refractivity contribution >= 4 is 5.82 Å². The fraction of sp³-hybridized carbons (Fsp3) is 0.645. The first-order chi connectivity index (χ1) is 18.6. The van der Waals surface area contributed by atoms with Gasteiger partial charge in [-0.2, -0.15) is 15.2 Å². The maximum absolute atomic E-state index is 9.31. The fourth-order valence-electron chi connectivity index (χ4n) is 7.60. The van der Waals surface area contributed by atoms with E-state index in [9.17, 15) is 5.26 Å². The lowest BCUT2D eigenvalue weighted by atomic mass is 9.62. The lowest BCUT2D eigenvalue weighted by Crippen LogP contribution is -2.51. The molecule has 6 rings (SSSR count). The number of nitrogens with one attached hydrogen (secondary N) is 1. The van der Waals surface area contributed by atoms with Crippen molar-refractivity contribution in [1.29, 1.82) is 5.26 Å². The minimum absolute atomic E-state index is 0.164. The van der Waals surface area contributed by atoms with Crippen molar-refractivity contribution in [2.75, 3.05) is 37.7 Å². The fourth-order valence-corrected chi connectivity index (χ4v) is 7.60. The van der Waals surface area contributed by atoms with Crippen LogP contribution in [0.2, 0.25) is 0 Å². The lowest BCUT2D eigenvalue weighted by molar-refractivity contribution is 0.138. The molecule has 1 aromatic heterocycles. The van der Waals surface area contributed by atoms with E-state index in [2.05, 4.69) is 59.3 Å². The summed E-state index contributed by atoms with van der Waals surface area (Å²) in [5.74, 6) is 1.04. The third-order valence-electron chi connectivity index (χ3n) is 9.48. The Kier molecular flexibility index (Phi) is 7.29. The van der Waals surface area contributed by atoms with Gasteiger partial charge in [0, 0.05) is 48.7 Å². The van der Waals surface area contributed by atoms with E-state index in [0.717, 1.165) is 51.3 Å². The molecule has 0 saturated carbocycles. The van der Waals surface area contributed by atoms with Gasteiger partial charge in [0.2, 0.25) is 0 Å². The van der Waals surface area contributed by atoms with Crippen molar-refractivity contribution < 1.29 is 4.74 Å². The zero-order valence-electron chi connectivity index (χ0n) is 23.1. The molecule has 2 fully saturated rings. The smallest absolute Gasteiger partial charge is 0.318 e. The van der Waals surface area contributed by atoms with Crippen molar-refractivity contribution in [3.05, 3.63) is 46.6 Å². The van der Waals surface area contributed by atoms with Gasteiger partial charge in [-0.05, 0) is 82.9 Å². The van der Waals surface area contributed by atoms with E-state index in [1.165, 1.54) is 54.5 Å². The summed E-state index contributed by atoms with van der Waals surface area (Å²) in [4.78, 5) is 15.1. The van der Waals surface area contributed by atoms with E-state index in [-0.39, 0.29) is 11.5 Å². The van der Waals surface area contributed by atoms with Crippen LogP contribution in [0.5, 0.6) is 6.01 Å². The number of ether oxygens (including phenoxy) is 1. The van der Waals surface area contributed by atoms with E-state index in [1.807, 2.05) is 0 Å². The van der Waals surface area contributed by atoms with Crippen molar-refractivity contribution in [3.63, 3.8) is 0 Å². The Morgan fingerprint density at radius 3 is 2.92 bits per heavy atom. The average molecular weight is 515 g/mol. The lowest BCUT2D eigenvalue weighted by Gasteiger charge is -2.43. The van der Waals surface area contributed by atoms with Crippen LogP contribution in [0.15, 0.2) is 24.3 Å². The second kappa shape index (κ2) is 10.8. The summed E-state index contributed by atoms with van der Waals surface area (Å²) < 4.78 is 6.43. The van der Waals surface area contributed by atoms with Crippen molar-refractivity contribution in [2.45, 2.75) is 95.2 Å². The number of benzene rings is 1. The molecule has 1 unspecified atom stereocenters. The first-order valence-corrected chi connectivity index (χ1v) is 14.8. The number of hydrogen-bond donors (Lipinski definition) is 1. The van der Waals surface area contributed by atoms with Gasteiger partial charge >= 0.3 is 6.01 Å². The predicted molar refractivity (Wildman–Crippen MR) is 150 cm³/mol. The summed E-state index contributed by atoms with van der Waals surface area (Å²) in [6, 6.07) is 13.1. The van der Waals surface area contributed by atoms with Crippen LogP contribution in [0.3, 0.4) is 0 Å². The van der Waals surface area contributed by atoms with Gasteiger partial charge in [0.05, 0.1) is 18.2 Å². The summed E-state index contributed by atoms with van der Waals surface area (Å²) in [6.07, 6.45) is 9.66. The second-order valence-corrected chi connectivity index (χ2v) is 12.1. The van der Waals surface area contributed by atoms with E-state index >= 15 is 0 Å². The third-order valence-corrected chi connectivity index (χ3v) is 9.48. The highest BCUT2D eigenvalue weighted by atomic mass is 16.5. The summed E-state index contributed by atoms with van der Waals surface area (Å²) in [7, 11) is 0. The number of piperazine rings is 1. The Morgan fingerprint density at radius 1 is 1.16 bits per heavy atom. The molecule has 2 aliphatic carbocycles. The molecule has 4 aliphatic rings. The van der Waals surface area contributed by atoms with Gasteiger partial charge < -0.3 is 15.0 Å². The normalized spacial score (nSPS) is 27.3. The van der Waals surface area contributed by atoms with E-state index < -0.39 is 0 Å². The minimum Gasteiger partial charge on any atom is -0.462 e. The average Bonchev–Trinajstić information content (AvgIpc) is 3.41. The Labute approximate surface area is 227 Å². The number of fused-ring (bicyclic) bond motifs is 3. The SMILES string of the molecule is CC(C)N1CCC[C@H]1COc1nc2c(c(N3CCN[C@@H](CC#N)C3)n1)CCC1(CCCc3ccccc31)C2. The second-order valence-electron chi connectivity index (χ2n) is 12.1. The Bertz CT molecular complexity index is 1190. The highest BCUT2D eigenvalue weighted by molar-refractivity contribution is 5.54. The van der Waals surface area contributed by atoms with E-state index in [1.54, 1.807) is 0 Å². The number of nitrogens with zero attached hydrogens (tertiary/aromatic N) is 5. The van der Waals surface area contributed by atoms with Gasteiger partial charge in [0.1, 0.15) is 12.4 Å². The van der Waals surface area contributed by atoms with Gasteiger partial charge in [-0.1, -0.05) is 24.3 Å². The van der Waals surface area contributed by atoms with Crippen LogP contribution < -0.4 is 15.0 Å². The van der Waals surface area contributed by atoms with Gasteiger partial charge in [-0.25, -0.2) is 0 Å². The molecule has 1 N–H and O–H groups in total. The van der Waals surface area contributed by atoms with Crippen molar-refractivity contribution in [1.82, 2.24) is 20.2 Å². The zero-order chi connectivity index (χ0) is 26.1. The molecule has 0 amide bonds. The van der Waals surface area contributed by atoms with E-state index in [0.29, 0.717) is 31.1 Å². The molecular formula is C31H42N6O. The molecule has 7 nitrogen and oxygen atoms in total. The maximum atomic E-state index is 9.31. The van der Waals surface area contributed by atoms with Crippen LogP contribution in [0, 0.1) is 11.3 Å². The van der Waals surface area contributed by atoms with Gasteiger partial charge in [0.15, 0.2) is 0 Å². The topological polar surface area (TPSA) is 77.3 Å². The highest BCUT2D eigenvalue weighted by Crippen LogP contribution is 2.47. The number of hydrogen-bond acceptors (Lipinski definition) is 7. The van der Waals surface area contributed by atoms with Crippen LogP contribution >= 0.6 is 0 Å². The largest absolute Gasteiger partial charge is 0.462 e. The maximum Gasteiger partial charge on any atom is 0.318 e. The first kappa shape index (κ1) is 25.6. The first-order valence-electron chi connectivity index (χ1n) is 14.8. The number of aryl methyl sites for hydroxylation is 1. The number of anilines is 1. The molecule has 1 spiro atoms. The number of likely N-dealkylation sites (tertiary alicyclic amines) is 1. The van der Waals surface area contributed by atoms with Crippen LogP contribution in [-0.4, -0.2) is 65.8 Å². The molecule has 3 heterocycles. The van der Waals surface area contributed by atoms with Crippen LogP contribution in [-0.2, 0) is 24.7 Å². The summed E-state index contributed by atoms with van der Waals surface area (Å²) >= 11 is 0. The molecule has 38 heavy (non-hydrogen) atoms. The number of aromatic nitrogens is 2. The highest BCUT2D eigenvalue weighted by Gasteiger charge is 2.41. The molecule has 3 atom stereocenters. The number of nitriles is 1. The Hall–Kier alpha value is -2.69. The summed E-state index contributed by atoms with van der Waals surface area (Å²) in [5, 5.41) is 12.8. The Balaban J connectivity index is 1.33. The quantitative estimate of drug-likeness (QED) is 0.620. The molecule has 0 radical (unpaired) electrons. The zero-order valence-corrected chi connectivity index (χ0v) is 23.1. The Morgan fingerprint density at radius 2 is 2.05 bits per heavy atom. The molecule has 202 valence electrons. The molecule has 0 bridgehead atoms. The van der Waals surface area contributed by atoms with Crippen molar-refractivity contribution in [2.24, 2.45) is 0 Å². The third kappa shape index (κ3) is 4.89. The van der Waals surface area contributed by atoms with E-state index in [4.69, 9.17) is 14.7 Å². The molecule has 2 aliphatic heterocycles. The molecule has 2 saturated heterocycles. The van der Waals surface area contributed by atoms with Crippen LogP contribution in [0.25, 0.3) is 0 Å².